The lowest BCUT2D eigenvalue weighted by Gasteiger charge is -2.27. The molecule has 6 heteroatoms. The molecule has 1 saturated heterocycles. The van der Waals surface area contributed by atoms with Gasteiger partial charge >= 0.3 is 6.09 Å². The predicted octanol–water partition coefficient (Wildman–Crippen LogP) is 0.387. The van der Waals surface area contributed by atoms with E-state index in [-0.39, 0.29) is 12.5 Å². The molecule has 21 heavy (non-hydrogen) atoms. The molecule has 1 aromatic rings. The van der Waals surface area contributed by atoms with E-state index in [0.717, 1.165) is 18.7 Å². The van der Waals surface area contributed by atoms with Gasteiger partial charge in [-0.25, -0.2) is 4.79 Å². The second-order valence-corrected chi connectivity index (χ2v) is 4.86. The van der Waals surface area contributed by atoms with Crippen LogP contribution in [0.4, 0.5) is 4.79 Å². The Morgan fingerprint density at radius 1 is 1.19 bits per heavy atom. The third kappa shape index (κ3) is 5.43. The minimum Gasteiger partial charge on any atom is -0.449 e. The van der Waals surface area contributed by atoms with Crippen molar-refractivity contribution in [1.29, 1.82) is 0 Å². The highest BCUT2D eigenvalue weighted by molar-refractivity contribution is 5.82. The number of piperazine rings is 1. The zero-order chi connectivity index (χ0) is 14.9. The van der Waals surface area contributed by atoms with Crippen molar-refractivity contribution in [2.24, 2.45) is 0 Å². The average molecular weight is 291 g/mol. The van der Waals surface area contributed by atoms with Crippen LogP contribution in [0.3, 0.4) is 0 Å². The van der Waals surface area contributed by atoms with Crippen LogP contribution in [0.1, 0.15) is 5.56 Å². The highest BCUT2D eigenvalue weighted by atomic mass is 16.5. The quantitative estimate of drug-likeness (QED) is 0.823. The second-order valence-electron chi connectivity index (χ2n) is 4.86. The number of rotatable bonds is 5. The Bertz CT molecular complexity index is 458. The van der Waals surface area contributed by atoms with Crippen molar-refractivity contribution in [1.82, 2.24) is 15.5 Å². The van der Waals surface area contributed by atoms with Crippen molar-refractivity contribution in [3.63, 3.8) is 0 Å². The fourth-order valence-electron chi connectivity index (χ4n) is 2.13. The molecule has 0 radical (unpaired) electrons. The van der Waals surface area contributed by atoms with Gasteiger partial charge in [0.1, 0.15) is 6.54 Å². The molecule has 6 nitrogen and oxygen atoms in total. The Morgan fingerprint density at radius 3 is 2.62 bits per heavy atom. The van der Waals surface area contributed by atoms with E-state index in [1.165, 1.54) is 0 Å². The maximum Gasteiger partial charge on any atom is 0.407 e. The van der Waals surface area contributed by atoms with Crippen molar-refractivity contribution in [2.45, 2.75) is 6.42 Å². The van der Waals surface area contributed by atoms with Gasteiger partial charge in [0.15, 0.2) is 0 Å². The van der Waals surface area contributed by atoms with Crippen molar-refractivity contribution < 1.29 is 14.3 Å². The first kappa shape index (κ1) is 15.3. The molecule has 1 fully saturated rings. The first-order valence-electron chi connectivity index (χ1n) is 7.19. The lowest BCUT2D eigenvalue weighted by molar-refractivity contribution is -0.130. The smallest absolute Gasteiger partial charge is 0.407 e. The summed E-state index contributed by atoms with van der Waals surface area (Å²) in [4.78, 5) is 25.1. The number of amides is 2. The fraction of sp³-hybridized carbons (Fsp3) is 0.467. The molecule has 2 N–H and O–H groups in total. The third-order valence-electron chi connectivity index (χ3n) is 3.32. The zero-order valence-corrected chi connectivity index (χ0v) is 12.0. The minimum atomic E-state index is -0.547. The van der Waals surface area contributed by atoms with E-state index in [1.807, 2.05) is 30.3 Å². The summed E-state index contributed by atoms with van der Waals surface area (Å²) < 4.78 is 5.05. The number of nitrogens with zero attached hydrogens (tertiary/aromatic N) is 1. The summed E-state index contributed by atoms with van der Waals surface area (Å²) in [6, 6.07) is 9.80. The highest BCUT2D eigenvalue weighted by Crippen LogP contribution is 1.99. The molecule has 1 aliphatic heterocycles. The molecule has 0 aromatic heterocycles. The normalized spacial score (nSPS) is 14.6. The molecule has 0 saturated carbocycles. The van der Waals surface area contributed by atoms with Gasteiger partial charge in [0.2, 0.25) is 5.91 Å². The van der Waals surface area contributed by atoms with Gasteiger partial charge in [-0.15, -0.1) is 0 Å². The number of alkyl carbamates (subject to hydrolysis) is 1. The second kappa shape index (κ2) is 8.26. The maximum atomic E-state index is 11.8. The molecule has 0 spiro atoms. The molecule has 0 bridgehead atoms. The summed E-state index contributed by atoms with van der Waals surface area (Å²) in [7, 11) is 0. The predicted molar refractivity (Wildman–Crippen MR) is 78.9 cm³/mol. The van der Waals surface area contributed by atoms with Crippen LogP contribution in [0.5, 0.6) is 0 Å². The lowest BCUT2D eigenvalue weighted by atomic mass is 10.2. The van der Waals surface area contributed by atoms with Crippen molar-refractivity contribution in [3.05, 3.63) is 35.9 Å². The fourth-order valence-corrected chi connectivity index (χ4v) is 2.13. The summed E-state index contributed by atoms with van der Waals surface area (Å²) in [5.41, 5.74) is 1.11. The number of benzene rings is 1. The van der Waals surface area contributed by atoms with Gasteiger partial charge in [-0.2, -0.15) is 0 Å². The van der Waals surface area contributed by atoms with E-state index in [9.17, 15) is 9.59 Å². The molecule has 1 aromatic carbocycles. The van der Waals surface area contributed by atoms with Crippen LogP contribution in [-0.2, 0) is 16.0 Å². The molecule has 2 amide bonds. The Hall–Kier alpha value is -2.08. The number of carbonyl (C=O) groups excluding carboxylic acids is 2. The van der Waals surface area contributed by atoms with Crippen molar-refractivity contribution in [2.75, 3.05) is 39.3 Å². The first-order chi connectivity index (χ1) is 10.3. The Kier molecular flexibility index (Phi) is 6.02. The first-order valence-corrected chi connectivity index (χ1v) is 7.19. The summed E-state index contributed by atoms with van der Waals surface area (Å²) >= 11 is 0. The Labute approximate surface area is 124 Å². The largest absolute Gasteiger partial charge is 0.449 e. The monoisotopic (exact) mass is 291 g/mol. The van der Waals surface area contributed by atoms with E-state index in [0.29, 0.717) is 26.1 Å². The Balaban J connectivity index is 1.60. The number of nitrogens with one attached hydrogen (secondary N) is 2. The van der Waals surface area contributed by atoms with Gasteiger partial charge in [-0.1, -0.05) is 30.3 Å². The molecular weight excluding hydrogens is 270 g/mol. The van der Waals surface area contributed by atoms with Crippen LogP contribution >= 0.6 is 0 Å². The van der Waals surface area contributed by atoms with Crippen LogP contribution in [-0.4, -0.2) is 56.2 Å². The number of hydrogen-bond acceptors (Lipinski definition) is 4. The molecule has 0 atom stereocenters. The molecule has 0 aliphatic carbocycles. The summed E-state index contributed by atoms with van der Waals surface area (Å²) in [5.74, 6) is -0.0727. The van der Waals surface area contributed by atoms with Gasteiger partial charge < -0.3 is 20.3 Å². The zero-order valence-electron chi connectivity index (χ0n) is 12.0. The molecule has 1 heterocycles. The third-order valence-corrected chi connectivity index (χ3v) is 3.32. The van der Waals surface area contributed by atoms with Crippen molar-refractivity contribution in [3.8, 4) is 0 Å². The SMILES string of the molecule is O=C(NCC(=O)N1CCNCC1)OCCc1ccccc1. The average Bonchev–Trinajstić information content (AvgIpc) is 2.54. The van der Waals surface area contributed by atoms with Crippen molar-refractivity contribution >= 4 is 12.0 Å². The maximum absolute atomic E-state index is 11.8. The number of hydrogen-bond donors (Lipinski definition) is 2. The molecule has 2 rings (SSSR count). The molecule has 114 valence electrons. The summed E-state index contributed by atoms with van der Waals surface area (Å²) in [6.45, 7) is 3.26. The molecular formula is C15H21N3O3. The minimum absolute atomic E-state index is 0.00975. The van der Waals surface area contributed by atoms with E-state index >= 15 is 0 Å². The lowest BCUT2D eigenvalue weighted by Crippen LogP contribution is -2.49. The van der Waals surface area contributed by atoms with E-state index in [4.69, 9.17) is 4.74 Å². The van der Waals surface area contributed by atoms with E-state index in [2.05, 4.69) is 10.6 Å². The van der Waals surface area contributed by atoms with Crippen LogP contribution in [0.25, 0.3) is 0 Å². The number of ether oxygens (including phenoxy) is 1. The highest BCUT2D eigenvalue weighted by Gasteiger charge is 2.16. The van der Waals surface area contributed by atoms with Crippen LogP contribution in [0, 0.1) is 0 Å². The van der Waals surface area contributed by atoms with Crippen LogP contribution < -0.4 is 10.6 Å². The molecule has 0 unspecified atom stereocenters. The standard InChI is InChI=1S/C15H21N3O3/c19-14(18-9-7-16-8-10-18)12-17-15(20)21-11-6-13-4-2-1-3-5-13/h1-5,16H,6-12H2,(H,17,20). The summed E-state index contributed by atoms with van der Waals surface area (Å²) in [5, 5.41) is 5.67. The van der Waals surface area contributed by atoms with Crippen LogP contribution in [0.15, 0.2) is 30.3 Å². The van der Waals surface area contributed by atoms with Gasteiger partial charge in [-0.3, -0.25) is 4.79 Å². The molecule has 1 aliphatic rings. The number of carbonyl (C=O) groups is 2. The Morgan fingerprint density at radius 2 is 1.90 bits per heavy atom. The topological polar surface area (TPSA) is 70.7 Å². The van der Waals surface area contributed by atoms with Gasteiger partial charge in [-0.05, 0) is 5.56 Å². The van der Waals surface area contributed by atoms with Gasteiger partial charge in [0.05, 0.1) is 6.61 Å². The van der Waals surface area contributed by atoms with E-state index in [1.54, 1.807) is 4.90 Å². The van der Waals surface area contributed by atoms with Gasteiger partial charge in [0, 0.05) is 32.6 Å². The van der Waals surface area contributed by atoms with Gasteiger partial charge in [0.25, 0.3) is 0 Å². The van der Waals surface area contributed by atoms with E-state index < -0.39 is 6.09 Å². The summed E-state index contributed by atoms with van der Waals surface area (Å²) in [6.07, 6.45) is 0.120. The van der Waals surface area contributed by atoms with Crippen LogP contribution in [0.2, 0.25) is 0 Å².